The minimum absolute atomic E-state index is 0.0864. The van der Waals surface area contributed by atoms with E-state index >= 15 is 0 Å². The van der Waals surface area contributed by atoms with Crippen LogP contribution in [0.15, 0.2) is 29.6 Å². The Bertz CT molecular complexity index is 662. The van der Waals surface area contributed by atoms with E-state index in [1.165, 1.54) is 24.2 Å². The summed E-state index contributed by atoms with van der Waals surface area (Å²) in [4.78, 5) is 16.6. The molecule has 0 saturated heterocycles. The number of benzene rings is 1. The Kier molecular flexibility index (Phi) is 4.43. The summed E-state index contributed by atoms with van der Waals surface area (Å²) in [6.45, 7) is 4.75. The van der Waals surface area contributed by atoms with Crippen LogP contribution in [0.3, 0.4) is 0 Å². The van der Waals surface area contributed by atoms with Crippen molar-refractivity contribution in [3.05, 3.63) is 35.3 Å². The topological polar surface area (TPSA) is 51.2 Å². The van der Waals surface area contributed by atoms with E-state index in [9.17, 15) is 4.79 Å². The molecule has 0 spiro atoms. The standard InChI is InChI=1S/C17H20N2O2S/c1-11(2)21-15-6-4-3-5-13(15)17-19-14(10-22-17)16(20)18-9-12-7-8-12/h3-6,10-12H,7-9H2,1-2H3,(H,18,20). The summed E-state index contributed by atoms with van der Waals surface area (Å²) >= 11 is 1.47. The number of amides is 1. The van der Waals surface area contributed by atoms with Crippen LogP contribution < -0.4 is 10.1 Å². The number of rotatable bonds is 6. The number of aromatic nitrogens is 1. The van der Waals surface area contributed by atoms with Gasteiger partial charge in [0.15, 0.2) is 0 Å². The van der Waals surface area contributed by atoms with Crippen LogP contribution in [0.4, 0.5) is 0 Å². The molecular weight excluding hydrogens is 296 g/mol. The molecule has 1 N–H and O–H groups in total. The summed E-state index contributed by atoms with van der Waals surface area (Å²) in [5.74, 6) is 1.38. The highest BCUT2D eigenvalue weighted by Crippen LogP contribution is 2.33. The number of carbonyl (C=O) groups excluding carboxylic acids is 1. The molecule has 1 saturated carbocycles. The summed E-state index contributed by atoms with van der Waals surface area (Å²) in [6, 6.07) is 7.81. The third kappa shape index (κ3) is 3.65. The highest BCUT2D eigenvalue weighted by Gasteiger charge is 2.22. The number of nitrogens with zero attached hydrogens (tertiary/aromatic N) is 1. The van der Waals surface area contributed by atoms with Gasteiger partial charge < -0.3 is 10.1 Å². The molecule has 1 aromatic heterocycles. The van der Waals surface area contributed by atoms with E-state index in [2.05, 4.69) is 10.3 Å². The quantitative estimate of drug-likeness (QED) is 0.883. The molecule has 1 fully saturated rings. The number of ether oxygens (including phenoxy) is 1. The van der Waals surface area contributed by atoms with Crippen LogP contribution in [-0.2, 0) is 0 Å². The monoisotopic (exact) mass is 316 g/mol. The van der Waals surface area contributed by atoms with Gasteiger partial charge in [0.05, 0.1) is 11.7 Å². The van der Waals surface area contributed by atoms with E-state index in [1.807, 2.05) is 43.5 Å². The maximum atomic E-state index is 12.1. The summed E-state index contributed by atoms with van der Waals surface area (Å²) in [5.41, 5.74) is 1.42. The number of thiazole rings is 1. The molecule has 5 heteroatoms. The van der Waals surface area contributed by atoms with Gasteiger partial charge in [-0.3, -0.25) is 4.79 Å². The van der Waals surface area contributed by atoms with E-state index in [0.29, 0.717) is 11.6 Å². The van der Waals surface area contributed by atoms with Crippen LogP contribution in [0.5, 0.6) is 5.75 Å². The molecule has 1 amide bonds. The van der Waals surface area contributed by atoms with Crippen LogP contribution >= 0.6 is 11.3 Å². The zero-order valence-electron chi connectivity index (χ0n) is 12.8. The van der Waals surface area contributed by atoms with Crippen molar-refractivity contribution in [1.29, 1.82) is 0 Å². The van der Waals surface area contributed by atoms with Crippen LogP contribution in [0, 0.1) is 5.92 Å². The lowest BCUT2D eigenvalue weighted by atomic mass is 10.2. The van der Waals surface area contributed by atoms with Crippen molar-refractivity contribution in [2.75, 3.05) is 6.54 Å². The predicted octanol–water partition coefficient (Wildman–Crippen LogP) is 3.74. The Morgan fingerprint density at radius 3 is 2.91 bits per heavy atom. The minimum atomic E-state index is -0.0864. The molecule has 1 heterocycles. The highest BCUT2D eigenvalue weighted by atomic mass is 32.1. The SMILES string of the molecule is CC(C)Oc1ccccc1-c1nc(C(=O)NCC2CC2)cs1. The molecule has 1 aliphatic rings. The first-order valence-corrected chi connectivity index (χ1v) is 8.51. The Labute approximate surface area is 134 Å². The lowest BCUT2D eigenvalue weighted by Crippen LogP contribution is -2.25. The average molecular weight is 316 g/mol. The van der Waals surface area contributed by atoms with Gasteiger partial charge in [0, 0.05) is 11.9 Å². The Morgan fingerprint density at radius 1 is 1.41 bits per heavy atom. The largest absolute Gasteiger partial charge is 0.490 e. The van der Waals surface area contributed by atoms with Crippen molar-refractivity contribution < 1.29 is 9.53 Å². The predicted molar refractivity (Wildman–Crippen MR) is 88.4 cm³/mol. The van der Waals surface area contributed by atoms with Gasteiger partial charge >= 0.3 is 0 Å². The second-order valence-corrected chi connectivity index (χ2v) is 6.71. The third-order valence-corrected chi connectivity index (χ3v) is 4.34. The number of carbonyl (C=O) groups is 1. The first-order valence-electron chi connectivity index (χ1n) is 7.63. The first kappa shape index (κ1) is 15.0. The molecule has 1 aliphatic carbocycles. The van der Waals surface area contributed by atoms with Gasteiger partial charge in [0.2, 0.25) is 0 Å². The molecule has 4 nitrogen and oxygen atoms in total. The fourth-order valence-corrected chi connectivity index (χ4v) is 2.98. The van der Waals surface area contributed by atoms with Crippen LogP contribution in [-0.4, -0.2) is 23.5 Å². The van der Waals surface area contributed by atoms with Gasteiger partial charge in [-0.2, -0.15) is 0 Å². The summed E-state index contributed by atoms with van der Waals surface area (Å²) in [6.07, 6.45) is 2.55. The molecule has 0 aliphatic heterocycles. The minimum Gasteiger partial charge on any atom is -0.490 e. The molecule has 3 rings (SSSR count). The van der Waals surface area contributed by atoms with E-state index in [1.54, 1.807) is 0 Å². The molecule has 0 atom stereocenters. The van der Waals surface area contributed by atoms with Gasteiger partial charge in [0.1, 0.15) is 16.5 Å². The van der Waals surface area contributed by atoms with Crippen molar-refractivity contribution in [3.8, 4) is 16.3 Å². The Balaban J connectivity index is 1.76. The number of hydrogen-bond donors (Lipinski definition) is 1. The maximum Gasteiger partial charge on any atom is 0.270 e. The lowest BCUT2D eigenvalue weighted by Gasteiger charge is -2.12. The van der Waals surface area contributed by atoms with Gasteiger partial charge in [-0.05, 0) is 44.7 Å². The smallest absolute Gasteiger partial charge is 0.270 e. The van der Waals surface area contributed by atoms with Crippen molar-refractivity contribution in [2.45, 2.75) is 32.8 Å². The summed E-state index contributed by atoms with van der Waals surface area (Å²) in [7, 11) is 0. The van der Waals surface area contributed by atoms with Gasteiger partial charge in [0.25, 0.3) is 5.91 Å². The molecule has 2 aromatic rings. The Hall–Kier alpha value is -1.88. The van der Waals surface area contributed by atoms with Crippen LogP contribution in [0.2, 0.25) is 0 Å². The molecule has 116 valence electrons. The van der Waals surface area contributed by atoms with Crippen molar-refractivity contribution in [2.24, 2.45) is 5.92 Å². The zero-order valence-corrected chi connectivity index (χ0v) is 13.7. The molecular formula is C17H20N2O2S. The number of para-hydroxylation sites is 1. The van der Waals surface area contributed by atoms with Gasteiger partial charge in [-0.15, -0.1) is 11.3 Å². The van der Waals surface area contributed by atoms with E-state index in [0.717, 1.165) is 22.9 Å². The van der Waals surface area contributed by atoms with Crippen molar-refractivity contribution in [3.63, 3.8) is 0 Å². The summed E-state index contributed by atoms with van der Waals surface area (Å²) < 4.78 is 5.82. The first-order chi connectivity index (χ1) is 10.6. The fraction of sp³-hybridized carbons (Fsp3) is 0.412. The Morgan fingerprint density at radius 2 is 2.18 bits per heavy atom. The number of nitrogens with one attached hydrogen (secondary N) is 1. The average Bonchev–Trinajstić information content (AvgIpc) is 3.19. The third-order valence-electron chi connectivity index (χ3n) is 3.47. The summed E-state index contributed by atoms with van der Waals surface area (Å²) in [5, 5.41) is 5.57. The van der Waals surface area contributed by atoms with Crippen molar-refractivity contribution >= 4 is 17.2 Å². The lowest BCUT2D eigenvalue weighted by molar-refractivity contribution is 0.0947. The molecule has 1 aromatic carbocycles. The van der Waals surface area contributed by atoms with Gasteiger partial charge in [-0.1, -0.05) is 12.1 Å². The molecule has 0 unspecified atom stereocenters. The number of hydrogen-bond acceptors (Lipinski definition) is 4. The molecule has 0 radical (unpaired) electrons. The molecule has 0 bridgehead atoms. The highest BCUT2D eigenvalue weighted by molar-refractivity contribution is 7.13. The van der Waals surface area contributed by atoms with Crippen molar-refractivity contribution in [1.82, 2.24) is 10.3 Å². The second-order valence-electron chi connectivity index (χ2n) is 5.85. The van der Waals surface area contributed by atoms with E-state index in [-0.39, 0.29) is 12.0 Å². The van der Waals surface area contributed by atoms with E-state index in [4.69, 9.17) is 4.74 Å². The zero-order chi connectivity index (χ0) is 15.5. The van der Waals surface area contributed by atoms with Gasteiger partial charge in [-0.25, -0.2) is 4.98 Å². The second kappa shape index (κ2) is 6.48. The fourth-order valence-electron chi connectivity index (χ4n) is 2.15. The normalized spacial score (nSPS) is 14.1. The molecule has 22 heavy (non-hydrogen) atoms. The van der Waals surface area contributed by atoms with Crippen LogP contribution in [0.1, 0.15) is 37.2 Å². The van der Waals surface area contributed by atoms with Crippen LogP contribution in [0.25, 0.3) is 10.6 Å². The van der Waals surface area contributed by atoms with E-state index < -0.39 is 0 Å². The maximum absolute atomic E-state index is 12.1.